The molecule has 0 saturated heterocycles. The van der Waals surface area contributed by atoms with Gasteiger partial charge in [0, 0.05) is 24.2 Å². The molecule has 0 bridgehead atoms. The number of carbonyl (C=O) groups is 1. The van der Waals surface area contributed by atoms with Crippen molar-refractivity contribution in [2.45, 2.75) is 26.4 Å². The molecule has 0 atom stereocenters. The molecule has 6 heteroatoms. The molecule has 1 aromatic heterocycles. The molecule has 0 unspecified atom stereocenters. The summed E-state index contributed by atoms with van der Waals surface area (Å²) in [6.45, 7) is 2.83. The highest BCUT2D eigenvalue weighted by Crippen LogP contribution is 2.18. The lowest BCUT2D eigenvalue weighted by Gasteiger charge is -2.22. The third-order valence-corrected chi connectivity index (χ3v) is 4.34. The van der Waals surface area contributed by atoms with Gasteiger partial charge in [0.15, 0.2) is 0 Å². The zero-order chi connectivity index (χ0) is 19.2. The molecule has 2 aromatic carbocycles. The van der Waals surface area contributed by atoms with Gasteiger partial charge in [-0.1, -0.05) is 31.2 Å². The van der Waals surface area contributed by atoms with Gasteiger partial charge < -0.3 is 9.32 Å². The van der Waals surface area contributed by atoms with Crippen molar-refractivity contribution >= 4 is 11.6 Å². The summed E-state index contributed by atoms with van der Waals surface area (Å²) in [4.78, 5) is 25.0. The second kappa shape index (κ2) is 8.31. The molecule has 27 heavy (non-hydrogen) atoms. The van der Waals surface area contributed by atoms with E-state index < -0.39 is 4.92 Å². The highest BCUT2D eigenvalue weighted by molar-refractivity contribution is 5.94. The molecule has 0 aliphatic carbocycles. The first-order valence-corrected chi connectivity index (χ1v) is 8.70. The zero-order valence-corrected chi connectivity index (χ0v) is 15.0. The van der Waals surface area contributed by atoms with Gasteiger partial charge in [0.1, 0.15) is 5.76 Å². The fourth-order valence-electron chi connectivity index (χ4n) is 2.80. The number of nitro groups is 1. The Labute approximate surface area is 157 Å². The van der Waals surface area contributed by atoms with Gasteiger partial charge in [0.05, 0.1) is 17.7 Å². The van der Waals surface area contributed by atoms with Crippen LogP contribution in [0.25, 0.3) is 0 Å². The first kappa shape index (κ1) is 18.4. The molecule has 6 nitrogen and oxygen atoms in total. The molecule has 0 aliphatic heterocycles. The topological polar surface area (TPSA) is 76.6 Å². The Morgan fingerprint density at radius 2 is 1.67 bits per heavy atom. The number of rotatable bonds is 7. The predicted octanol–water partition coefficient (Wildman–Crippen LogP) is 4.59. The number of hydrogen-bond acceptors (Lipinski definition) is 4. The monoisotopic (exact) mass is 364 g/mol. The lowest BCUT2D eigenvalue weighted by atomic mass is 10.1. The lowest BCUT2D eigenvalue weighted by molar-refractivity contribution is -0.384. The highest BCUT2D eigenvalue weighted by Gasteiger charge is 2.19. The third-order valence-electron chi connectivity index (χ3n) is 4.34. The first-order chi connectivity index (χ1) is 13.1. The summed E-state index contributed by atoms with van der Waals surface area (Å²) in [6.07, 6.45) is 2.53. The maximum absolute atomic E-state index is 13.0. The van der Waals surface area contributed by atoms with Gasteiger partial charge >= 0.3 is 0 Å². The Hall–Kier alpha value is -3.41. The van der Waals surface area contributed by atoms with Gasteiger partial charge in [-0.2, -0.15) is 0 Å². The predicted molar refractivity (Wildman–Crippen MR) is 101 cm³/mol. The van der Waals surface area contributed by atoms with E-state index in [1.807, 2.05) is 18.2 Å². The van der Waals surface area contributed by atoms with Crippen LogP contribution in [0.15, 0.2) is 71.3 Å². The molecule has 1 amide bonds. The number of nitro benzene ring substituents is 1. The van der Waals surface area contributed by atoms with E-state index in [2.05, 4.69) is 19.1 Å². The lowest BCUT2D eigenvalue weighted by Crippen LogP contribution is -2.30. The fraction of sp³-hybridized carbons (Fsp3) is 0.190. The summed E-state index contributed by atoms with van der Waals surface area (Å²) in [5.41, 5.74) is 2.60. The molecule has 138 valence electrons. The zero-order valence-electron chi connectivity index (χ0n) is 15.0. The van der Waals surface area contributed by atoms with Crippen LogP contribution in [0.2, 0.25) is 0 Å². The number of non-ortho nitro benzene ring substituents is 1. The Morgan fingerprint density at radius 3 is 2.22 bits per heavy atom. The van der Waals surface area contributed by atoms with Crippen molar-refractivity contribution in [3.63, 3.8) is 0 Å². The molecular formula is C21H20N2O4. The van der Waals surface area contributed by atoms with Gasteiger partial charge in [-0.25, -0.2) is 0 Å². The molecule has 3 aromatic rings. The number of hydrogen-bond donors (Lipinski definition) is 0. The van der Waals surface area contributed by atoms with Crippen molar-refractivity contribution in [1.82, 2.24) is 4.90 Å². The Morgan fingerprint density at radius 1 is 1.00 bits per heavy atom. The van der Waals surface area contributed by atoms with Gasteiger partial charge in [-0.3, -0.25) is 14.9 Å². The second-order valence-electron chi connectivity index (χ2n) is 6.21. The minimum Gasteiger partial charge on any atom is -0.467 e. The van der Waals surface area contributed by atoms with E-state index in [4.69, 9.17) is 4.42 Å². The maximum Gasteiger partial charge on any atom is 0.269 e. The van der Waals surface area contributed by atoms with Crippen LogP contribution in [0.3, 0.4) is 0 Å². The number of carbonyl (C=O) groups excluding carboxylic acids is 1. The Bertz CT molecular complexity index is 900. The van der Waals surface area contributed by atoms with E-state index in [1.54, 1.807) is 17.2 Å². The van der Waals surface area contributed by atoms with E-state index in [9.17, 15) is 14.9 Å². The second-order valence-corrected chi connectivity index (χ2v) is 6.21. The fourth-order valence-corrected chi connectivity index (χ4v) is 2.80. The van der Waals surface area contributed by atoms with Gasteiger partial charge in [0.2, 0.25) is 0 Å². The summed E-state index contributed by atoms with van der Waals surface area (Å²) < 4.78 is 5.39. The Balaban J connectivity index is 1.83. The number of nitrogens with zero attached hydrogens (tertiary/aromatic N) is 2. The van der Waals surface area contributed by atoms with E-state index >= 15 is 0 Å². The smallest absolute Gasteiger partial charge is 0.269 e. The summed E-state index contributed by atoms with van der Waals surface area (Å²) in [5, 5.41) is 10.8. The first-order valence-electron chi connectivity index (χ1n) is 8.70. The van der Waals surface area contributed by atoms with Crippen molar-refractivity contribution in [1.29, 1.82) is 0 Å². The molecule has 0 aliphatic rings. The van der Waals surface area contributed by atoms with Crippen molar-refractivity contribution in [2.75, 3.05) is 0 Å². The summed E-state index contributed by atoms with van der Waals surface area (Å²) >= 11 is 0. The minimum absolute atomic E-state index is 0.0423. The van der Waals surface area contributed by atoms with Gasteiger partial charge in [0.25, 0.3) is 11.6 Å². The van der Waals surface area contributed by atoms with E-state index in [0.29, 0.717) is 24.4 Å². The molecule has 0 radical (unpaired) electrons. The Kier molecular flexibility index (Phi) is 5.66. The standard InChI is InChI=1S/C21H20N2O4/c1-2-16-5-7-17(8-6-16)14-22(15-20-4-3-13-27-20)21(24)18-9-11-19(12-10-18)23(25)26/h3-13H,2,14-15H2,1H3. The van der Waals surface area contributed by atoms with E-state index in [-0.39, 0.29) is 11.6 Å². The van der Waals surface area contributed by atoms with Crippen LogP contribution in [0, 0.1) is 10.1 Å². The van der Waals surface area contributed by atoms with Crippen LogP contribution in [0.1, 0.15) is 34.2 Å². The van der Waals surface area contributed by atoms with Crippen LogP contribution < -0.4 is 0 Å². The van der Waals surface area contributed by atoms with Crippen LogP contribution in [-0.2, 0) is 19.5 Å². The molecule has 0 fully saturated rings. The van der Waals surface area contributed by atoms with Crippen molar-refractivity contribution < 1.29 is 14.1 Å². The van der Waals surface area contributed by atoms with Crippen molar-refractivity contribution in [2.24, 2.45) is 0 Å². The van der Waals surface area contributed by atoms with Crippen molar-refractivity contribution in [3.05, 3.63) is 99.5 Å². The number of aryl methyl sites for hydroxylation is 1. The molecule has 0 saturated carbocycles. The van der Waals surface area contributed by atoms with Crippen LogP contribution in [-0.4, -0.2) is 15.7 Å². The molecule has 3 rings (SSSR count). The van der Waals surface area contributed by atoms with E-state index in [1.165, 1.54) is 29.8 Å². The number of benzene rings is 2. The molecular weight excluding hydrogens is 344 g/mol. The van der Waals surface area contributed by atoms with Crippen LogP contribution in [0.4, 0.5) is 5.69 Å². The molecule has 1 heterocycles. The highest BCUT2D eigenvalue weighted by atomic mass is 16.6. The summed E-state index contributed by atoms with van der Waals surface area (Å²) in [6, 6.07) is 17.4. The summed E-state index contributed by atoms with van der Waals surface area (Å²) in [7, 11) is 0. The SMILES string of the molecule is CCc1ccc(CN(Cc2ccco2)C(=O)c2ccc([N+](=O)[O-])cc2)cc1. The molecule has 0 N–H and O–H groups in total. The van der Waals surface area contributed by atoms with Crippen LogP contribution >= 0.6 is 0 Å². The normalized spacial score (nSPS) is 10.6. The molecule has 0 spiro atoms. The van der Waals surface area contributed by atoms with Crippen molar-refractivity contribution in [3.8, 4) is 0 Å². The summed E-state index contributed by atoms with van der Waals surface area (Å²) in [5.74, 6) is 0.469. The van der Waals surface area contributed by atoms with Crippen LogP contribution in [0.5, 0.6) is 0 Å². The number of amides is 1. The average molecular weight is 364 g/mol. The quantitative estimate of drug-likeness (QED) is 0.454. The van der Waals surface area contributed by atoms with Gasteiger partial charge in [-0.15, -0.1) is 0 Å². The third kappa shape index (κ3) is 4.61. The van der Waals surface area contributed by atoms with E-state index in [0.717, 1.165) is 12.0 Å². The van der Waals surface area contributed by atoms with Gasteiger partial charge in [-0.05, 0) is 41.8 Å². The maximum atomic E-state index is 13.0. The average Bonchev–Trinajstić information content (AvgIpc) is 3.20. The minimum atomic E-state index is -0.482. The largest absolute Gasteiger partial charge is 0.467 e. The number of furan rings is 1.